The SMILES string of the molecule is COc1nc2c3c(nc(-c4cc(O)cc5c(O)cc(F)c(F)c45)c(F)c3n1)OCC1CCCCN21. The van der Waals surface area contributed by atoms with Crippen LogP contribution in [0.2, 0.25) is 0 Å². The molecule has 2 aliphatic heterocycles. The van der Waals surface area contributed by atoms with E-state index >= 15 is 4.39 Å². The van der Waals surface area contributed by atoms with Gasteiger partial charge < -0.3 is 24.6 Å². The molecule has 4 aromatic rings. The number of phenolic OH excluding ortho intramolecular Hbond substituents is 2. The fourth-order valence-corrected chi connectivity index (χ4v) is 4.95. The Morgan fingerprint density at radius 1 is 1.03 bits per heavy atom. The highest BCUT2D eigenvalue weighted by Gasteiger charge is 2.34. The van der Waals surface area contributed by atoms with Crippen LogP contribution in [0.5, 0.6) is 23.4 Å². The van der Waals surface area contributed by atoms with Crippen LogP contribution >= 0.6 is 0 Å². The molecule has 4 heterocycles. The molecule has 1 unspecified atom stereocenters. The minimum absolute atomic E-state index is 0.0163. The van der Waals surface area contributed by atoms with Crippen molar-refractivity contribution in [3.05, 3.63) is 35.7 Å². The van der Waals surface area contributed by atoms with Crippen molar-refractivity contribution in [2.75, 3.05) is 25.2 Å². The number of methoxy groups -OCH3 is 1. The predicted molar refractivity (Wildman–Crippen MR) is 121 cm³/mol. The van der Waals surface area contributed by atoms with Crippen LogP contribution in [0, 0.1) is 17.5 Å². The van der Waals surface area contributed by atoms with Crippen LogP contribution in [-0.4, -0.2) is 51.5 Å². The smallest absolute Gasteiger partial charge is 0.318 e. The van der Waals surface area contributed by atoms with Gasteiger partial charge in [-0.05, 0) is 31.4 Å². The highest BCUT2D eigenvalue weighted by molar-refractivity contribution is 6.03. The van der Waals surface area contributed by atoms with Crippen LogP contribution in [-0.2, 0) is 0 Å². The zero-order valence-corrected chi connectivity index (χ0v) is 18.5. The predicted octanol–water partition coefficient (Wildman–Crippen LogP) is 4.43. The van der Waals surface area contributed by atoms with Crippen molar-refractivity contribution in [2.45, 2.75) is 25.3 Å². The quantitative estimate of drug-likeness (QED) is 0.431. The molecular weight excluding hydrogens is 465 g/mol. The molecule has 0 bridgehead atoms. The van der Waals surface area contributed by atoms with E-state index in [4.69, 9.17) is 9.47 Å². The molecule has 1 atom stereocenters. The van der Waals surface area contributed by atoms with E-state index < -0.39 is 40.0 Å². The Labute approximate surface area is 196 Å². The first-order valence-electron chi connectivity index (χ1n) is 11.1. The van der Waals surface area contributed by atoms with Crippen LogP contribution in [0.1, 0.15) is 19.3 Å². The van der Waals surface area contributed by atoms with Gasteiger partial charge in [0.15, 0.2) is 17.5 Å². The minimum Gasteiger partial charge on any atom is -0.508 e. The Bertz CT molecular complexity index is 1530. The highest BCUT2D eigenvalue weighted by atomic mass is 19.2. The first-order chi connectivity index (χ1) is 16.9. The lowest BCUT2D eigenvalue weighted by Crippen LogP contribution is -2.42. The number of phenols is 2. The summed E-state index contributed by atoms with van der Waals surface area (Å²) in [6, 6.07) is 2.60. The van der Waals surface area contributed by atoms with Gasteiger partial charge in [-0.3, -0.25) is 0 Å². The third-order valence-corrected chi connectivity index (χ3v) is 6.55. The Hall–Kier alpha value is -4.02. The number of aromatic hydroxyl groups is 2. The molecule has 180 valence electrons. The van der Waals surface area contributed by atoms with E-state index in [-0.39, 0.29) is 46.4 Å². The fourth-order valence-electron chi connectivity index (χ4n) is 4.95. The molecule has 11 heteroatoms. The number of benzene rings is 2. The molecule has 2 aromatic carbocycles. The van der Waals surface area contributed by atoms with Crippen molar-refractivity contribution < 1.29 is 32.9 Å². The van der Waals surface area contributed by atoms with Crippen molar-refractivity contribution in [1.82, 2.24) is 15.0 Å². The van der Waals surface area contributed by atoms with Gasteiger partial charge in [0.1, 0.15) is 40.5 Å². The van der Waals surface area contributed by atoms with Gasteiger partial charge in [-0.15, -0.1) is 0 Å². The van der Waals surface area contributed by atoms with Gasteiger partial charge in [-0.25, -0.2) is 18.2 Å². The number of nitrogens with zero attached hydrogens (tertiary/aromatic N) is 4. The number of fused-ring (bicyclic) bond motifs is 3. The fraction of sp³-hybridized carbons (Fsp3) is 0.292. The summed E-state index contributed by atoms with van der Waals surface area (Å²) in [6.45, 7) is 0.948. The third-order valence-electron chi connectivity index (χ3n) is 6.55. The minimum atomic E-state index is -1.33. The number of rotatable bonds is 2. The normalized spacial score (nSPS) is 17.3. The van der Waals surface area contributed by atoms with E-state index in [0.717, 1.165) is 31.4 Å². The molecule has 1 saturated heterocycles. The molecule has 0 saturated carbocycles. The van der Waals surface area contributed by atoms with Gasteiger partial charge in [-0.1, -0.05) is 0 Å². The van der Waals surface area contributed by atoms with Crippen LogP contribution in [0.3, 0.4) is 0 Å². The highest BCUT2D eigenvalue weighted by Crippen LogP contribution is 2.44. The molecule has 2 aliphatic rings. The summed E-state index contributed by atoms with van der Waals surface area (Å²) >= 11 is 0. The Balaban J connectivity index is 1.71. The van der Waals surface area contributed by atoms with Gasteiger partial charge in [0.05, 0.1) is 13.2 Å². The van der Waals surface area contributed by atoms with Gasteiger partial charge in [0, 0.05) is 28.9 Å². The number of halogens is 3. The zero-order valence-electron chi connectivity index (χ0n) is 18.5. The number of aromatic nitrogens is 3. The van der Waals surface area contributed by atoms with Gasteiger partial charge in [0.2, 0.25) is 5.88 Å². The maximum absolute atomic E-state index is 16.1. The van der Waals surface area contributed by atoms with Crippen molar-refractivity contribution >= 4 is 27.5 Å². The summed E-state index contributed by atoms with van der Waals surface area (Å²) in [6.07, 6.45) is 2.78. The standard InChI is InChI=1S/C24H19F3N4O4/c1-34-24-29-21-17-22(30-24)31-5-3-2-4-10(31)9-35-23(17)28-20(19(21)27)13-7-11(32)6-12-15(33)8-14(25)18(26)16(12)13/h6-8,10,32-33H,2-5,9H2,1H3. The number of piperidine rings is 1. The van der Waals surface area contributed by atoms with E-state index in [1.165, 1.54) is 7.11 Å². The molecule has 0 spiro atoms. The van der Waals surface area contributed by atoms with E-state index in [0.29, 0.717) is 18.4 Å². The third kappa shape index (κ3) is 3.17. The maximum Gasteiger partial charge on any atom is 0.318 e. The number of hydrogen-bond donors (Lipinski definition) is 2. The van der Waals surface area contributed by atoms with Crippen LogP contribution < -0.4 is 14.4 Å². The molecule has 0 amide bonds. The van der Waals surface area contributed by atoms with Gasteiger partial charge >= 0.3 is 6.01 Å². The Morgan fingerprint density at radius 2 is 1.86 bits per heavy atom. The van der Waals surface area contributed by atoms with E-state index in [1.807, 2.05) is 4.90 Å². The van der Waals surface area contributed by atoms with E-state index in [2.05, 4.69) is 15.0 Å². The second-order valence-corrected chi connectivity index (χ2v) is 8.60. The monoisotopic (exact) mass is 484 g/mol. The molecule has 6 rings (SSSR count). The second kappa shape index (κ2) is 7.76. The average molecular weight is 484 g/mol. The summed E-state index contributed by atoms with van der Waals surface area (Å²) in [7, 11) is 1.36. The van der Waals surface area contributed by atoms with Gasteiger partial charge in [0.25, 0.3) is 0 Å². The summed E-state index contributed by atoms with van der Waals surface area (Å²) in [4.78, 5) is 15.0. The van der Waals surface area contributed by atoms with Crippen molar-refractivity contribution in [3.63, 3.8) is 0 Å². The number of ether oxygens (including phenoxy) is 2. The molecular formula is C24H19F3N4O4. The summed E-state index contributed by atoms with van der Waals surface area (Å²) in [5.41, 5.74) is -0.868. The first-order valence-corrected chi connectivity index (χ1v) is 11.1. The summed E-state index contributed by atoms with van der Waals surface area (Å²) in [5.74, 6) is -4.17. The number of hydrogen-bond acceptors (Lipinski definition) is 8. The largest absolute Gasteiger partial charge is 0.508 e. The molecule has 1 fully saturated rings. The maximum atomic E-state index is 16.1. The topological polar surface area (TPSA) is 101 Å². The molecule has 2 aromatic heterocycles. The molecule has 0 aliphatic carbocycles. The van der Waals surface area contributed by atoms with Gasteiger partial charge in [-0.2, -0.15) is 9.97 Å². The van der Waals surface area contributed by atoms with Crippen molar-refractivity contribution in [1.29, 1.82) is 0 Å². The lowest BCUT2D eigenvalue weighted by atomic mass is 9.98. The molecule has 2 N–H and O–H groups in total. The molecule has 0 radical (unpaired) electrons. The lowest BCUT2D eigenvalue weighted by molar-refractivity contribution is 0.259. The molecule has 35 heavy (non-hydrogen) atoms. The van der Waals surface area contributed by atoms with Crippen LogP contribution in [0.4, 0.5) is 19.0 Å². The lowest BCUT2D eigenvalue weighted by Gasteiger charge is -2.34. The Morgan fingerprint density at radius 3 is 2.66 bits per heavy atom. The number of pyridine rings is 1. The Kier molecular flexibility index (Phi) is 4.77. The van der Waals surface area contributed by atoms with Crippen molar-refractivity contribution in [3.8, 4) is 34.6 Å². The van der Waals surface area contributed by atoms with E-state index in [1.54, 1.807) is 0 Å². The molecule has 8 nitrogen and oxygen atoms in total. The number of anilines is 1. The van der Waals surface area contributed by atoms with Crippen LogP contribution in [0.25, 0.3) is 32.9 Å². The summed E-state index contributed by atoms with van der Waals surface area (Å²) in [5, 5.41) is 20.0. The average Bonchev–Trinajstić information content (AvgIpc) is 3.01. The zero-order chi connectivity index (χ0) is 24.4. The van der Waals surface area contributed by atoms with Crippen molar-refractivity contribution in [2.24, 2.45) is 0 Å². The van der Waals surface area contributed by atoms with Crippen LogP contribution in [0.15, 0.2) is 18.2 Å². The first kappa shape index (κ1) is 21.5. The second-order valence-electron chi connectivity index (χ2n) is 8.60. The van der Waals surface area contributed by atoms with E-state index in [9.17, 15) is 19.0 Å². The summed E-state index contributed by atoms with van der Waals surface area (Å²) < 4.78 is 56.5.